The molecule has 2 heterocycles. The first-order valence-corrected chi connectivity index (χ1v) is 6.74. The Labute approximate surface area is 107 Å². The van der Waals surface area contributed by atoms with Gasteiger partial charge in [0.2, 0.25) is 0 Å². The molecule has 0 saturated carbocycles. The fraction of sp³-hybridized carbons (Fsp3) is 0.467. The average Bonchev–Trinajstić information content (AvgIpc) is 3.04. The number of aromatic nitrogens is 1. The number of aliphatic hydroxyl groups excluding tert-OH is 1. The summed E-state index contributed by atoms with van der Waals surface area (Å²) in [6.45, 7) is 3.60. The van der Waals surface area contributed by atoms with E-state index < -0.39 is 0 Å². The molecular weight excluding hydrogens is 224 g/mol. The van der Waals surface area contributed by atoms with Crippen LogP contribution in [0.25, 0.3) is 10.9 Å². The van der Waals surface area contributed by atoms with Gasteiger partial charge in [-0.3, -0.25) is 4.90 Å². The van der Waals surface area contributed by atoms with Gasteiger partial charge in [-0.2, -0.15) is 0 Å². The number of rotatable bonds is 3. The summed E-state index contributed by atoms with van der Waals surface area (Å²) in [5.41, 5.74) is 2.53. The van der Waals surface area contributed by atoms with Crippen LogP contribution in [0, 0.1) is 0 Å². The minimum Gasteiger partial charge on any atom is -0.395 e. The Bertz CT molecular complexity index is 534. The van der Waals surface area contributed by atoms with Crippen LogP contribution >= 0.6 is 0 Å². The van der Waals surface area contributed by atoms with Gasteiger partial charge in [-0.1, -0.05) is 18.2 Å². The van der Waals surface area contributed by atoms with E-state index in [1.807, 2.05) is 0 Å². The van der Waals surface area contributed by atoms with Gasteiger partial charge in [-0.05, 0) is 37.9 Å². The third-order valence-electron chi connectivity index (χ3n) is 4.20. The number of nitrogens with zero attached hydrogens (tertiary/aromatic N) is 1. The maximum atomic E-state index is 9.45. The van der Waals surface area contributed by atoms with Gasteiger partial charge in [0.05, 0.1) is 6.61 Å². The Balaban J connectivity index is 1.94. The van der Waals surface area contributed by atoms with Gasteiger partial charge in [0.1, 0.15) is 0 Å². The molecule has 96 valence electrons. The number of H-pyrrole nitrogens is 1. The van der Waals surface area contributed by atoms with Crippen molar-refractivity contribution in [3.05, 3.63) is 36.0 Å². The molecule has 1 aromatic carbocycles. The van der Waals surface area contributed by atoms with Crippen LogP contribution in [0.5, 0.6) is 0 Å². The number of aromatic amines is 1. The van der Waals surface area contributed by atoms with E-state index in [0.717, 1.165) is 13.0 Å². The average molecular weight is 244 g/mol. The molecule has 0 aliphatic carbocycles. The highest BCUT2D eigenvalue weighted by Gasteiger charge is 2.29. The second-order valence-electron chi connectivity index (χ2n) is 5.18. The SMILES string of the molecule is CC(c1c[nH]c2ccccc12)N1CCC[C@H]1CO. The van der Waals surface area contributed by atoms with Crippen molar-refractivity contribution in [2.24, 2.45) is 0 Å². The van der Waals surface area contributed by atoms with E-state index in [1.165, 1.54) is 22.9 Å². The van der Waals surface area contributed by atoms with Gasteiger partial charge in [-0.15, -0.1) is 0 Å². The number of nitrogens with one attached hydrogen (secondary N) is 1. The number of hydrogen-bond donors (Lipinski definition) is 2. The smallest absolute Gasteiger partial charge is 0.0587 e. The molecule has 3 rings (SSSR count). The normalized spacial score (nSPS) is 22.7. The first-order chi connectivity index (χ1) is 8.81. The Morgan fingerprint density at radius 2 is 2.28 bits per heavy atom. The monoisotopic (exact) mass is 244 g/mol. The third-order valence-corrected chi connectivity index (χ3v) is 4.20. The summed E-state index contributed by atoms with van der Waals surface area (Å²) in [6.07, 6.45) is 4.42. The highest BCUT2D eigenvalue weighted by atomic mass is 16.3. The minimum absolute atomic E-state index is 0.271. The summed E-state index contributed by atoms with van der Waals surface area (Å²) in [7, 11) is 0. The molecular formula is C15H20N2O. The summed E-state index contributed by atoms with van der Waals surface area (Å²) in [5.74, 6) is 0. The van der Waals surface area contributed by atoms with Crippen molar-refractivity contribution >= 4 is 10.9 Å². The van der Waals surface area contributed by atoms with Crippen LogP contribution in [0.15, 0.2) is 30.5 Å². The van der Waals surface area contributed by atoms with E-state index in [0.29, 0.717) is 12.1 Å². The Hall–Kier alpha value is -1.32. The maximum Gasteiger partial charge on any atom is 0.0587 e. The minimum atomic E-state index is 0.271. The van der Waals surface area contributed by atoms with Crippen molar-refractivity contribution in [1.29, 1.82) is 0 Å². The predicted octanol–water partition coefficient (Wildman–Crippen LogP) is 2.69. The lowest BCUT2D eigenvalue weighted by atomic mass is 10.1. The molecule has 1 aromatic heterocycles. The molecule has 0 amide bonds. The van der Waals surface area contributed by atoms with Gasteiger partial charge in [0.25, 0.3) is 0 Å². The fourth-order valence-electron chi connectivity index (χ4n) is 3.18. The zero-order valence-electron chi connectivity index (χ0n) is 10.8. The molecule has 0 bridgehead atoms. The molecule has 3 heteroatoms. The molecule has 0 radical (unpaired) electrons. The number of likely N-dealkylation sites (tertiary alicyclic amines) is 1. The van der Waals surface area contributed by atoms with Crippen LogP contribution in [-0.4, -0.2) is 34.2 Å². The van der Waals surface area contributed by atoms with Crippen molar-refractivity contribution in [3.63, 3.8) is 0 Å². The molecule has 18 heavy (non-hydrogen) atoms. The van der Waals surface area contributed by atoms with Crippen LogP contribution in [0.1, 0.15) is 31.4 Å². The van der Waals surface area contributed by atoms with E-state index in [1.54, 1.807) is 0 Å². The molecule has 0 spiro atoms. The zero-order valence-corrected chi connectivity index (χ0v) is 10.8. The van der Waals surface area contributed by atoms with Crippen molar-refractivity contribution in [2.75, 3.05) is 13.2 Å². The van der Waals surface area contributed by atoms with E-state index >= 15 is 0 Å². The van der Waals surface area contributed by atoms with Gasteiger partial charge in [0, 0.05) is 29.2 Å². The van der Waals surface area contributed by atoms with Gasteiger partial charge in [0.15, 0.2) is 0 Å². The second kappa shape index (κ2) is 4.75. The lowest BCUT2D eigenvalue weighted by molar-refractivity contribution is 0.126. The molecule has 3 nitrogen and oxygen atoms in total. The van der Waals surface area contributed by atoms with Crippen LogP contribution in [0.2, 0.25) is 0 Å². The fourth-order valence-corrected chi connectivity index (χ4v) is 3.18. The van der Waals surface area contributed by atoms with Crippen LogP contribution in [0.4, 0.5) is 0 Å². The topological polar surface area (TPSA) is 39.3 Å². The van der Waals surface area contributed by atoms with Crippen molar-refractivity contribution in [2.45, 2.75) is 31.8 Å². The number of aliphatic hydroxyl groups is 1. The Kier molecular flexibility index (Phi) is 3.10. The number of benzene rings is 1. The predicted molar refractivity (Wildman–Crippen MR) is 73.5 cm³/mol. The Morgan fingerprint density at radius 3 is 3.11 bits per heavy atom. The van der Waals surface area contributed by atoms with Crippen LogP contribution in [0.3, 0.4) is 0 Å². The van der Waals surface area contributed by atoms with Gasteiger partial charge in [-0.25, -0.2) is 0 Å². The first-order valence-electron chi connectivity index (χ1n) is 6.74. The van der Waals surface area contributed by atoms with Crippen molar-refractivity contribution in [1.82, 2.24) is 9.88 Å². The summed E-state index contributed by atoms with van der Waals surface area (Å²) < 4.78 is 0. The Morgan fingerprint density at radius 1 is 1.44 bits per heavy atom. The van der Waals surface area contributed by atoms with Crippen molar-refractivity contribution in [3.8, 4) is 0 Å². The highest BCUT2D eigenvalue weighted by molar-refractivity contribution is 5.83. The van der Waals surface area contributed by atoms with Crippen LogP contribution in [-0.2, 0) is 0 Å². The highest BCUT2D eigenvalue weighted by Crippen LogP contribution is 2.32. The first kappa shape index (κ1) is 11.8. The molecule has 2 aromatic rings. The van der Waals surface area contributed by atoms with Crippen LogP contribution < -0.4 is 0 Å². The molecule has 1 saturated heterocycles. The van der Waals surface area contributed by atoms with E-state index in [4.69, 9.17) is 0 Å². The quantitative estimate of drug-likeness (QED) is 0.871. The molecule has 2 N–H and O–H groups in total. The maximum absolute atomic E-state index is 9.45. The second-order valence-corrected chi connectivity index (χ2v) is 5.18. The summed E-state index contributed by atoms with van der Waals surface area (Å²) in [5, 5.41) is 10.7. The molecule has 1 aliphatic rings. The largest absolute Gasteiger partial charge is 0.395 e. The standard InChI is InChI=1S/C15H20N2O/c1-11(17-8-4-5-12(17)10-18)14-9-16-15-7-3-2-6-13(14)15/h2-3,6-7,9,11-12,16,18H,4-5,8,10H2,1H3/t11?,12-/m0/s1. The molecule has 1 fully saturated rings. The molecule has 1 aliphatic heterocycles. The van der Waals surface area contributed by atoms with E-state index in [2.05, 4.69) is 47.3 Å². The number of para-hydroxylation sites is 1. The van der Waals surface area contributed by atoms with Gasteiger partial charge < -0.3 is 10.1 Å². The van der Waals surface area contributed by atoms with Gasteiger partial charge >= 0.3 is 0 Å². The number of hydrogen-bond acceptors (Lipinski definition) is 2. The summed E-state index contributed by atoms with van der Waals surface area (Å²) in [4.78, 5) is 5.76. The summed E-state index contributed by atoms with van der Waals surface area (Å²) in [6, 6.07) is 9.11. The lowest BCUT2D eigenvalue weighted by Gasteiger charge is -2.29. The number of fused-ring (bicyclic) bond motifs is 1. The zero-order chi connectivity index (χ0) is 12.5. The molecule has 2 atom stereocenters. The lowest BCUT2D eigenvalue weighted by Crippen LogP contribution is -2.34. The third kappa shape index (κ3) is 1.84. The van der Waals surface area contributed by atoms with E-state index in [-0.39, 0.29) is 6.61 Å². The summed E-state index contributed by atoms with van der Waals surface area (Å²) >= 11 is 0. The van der Waals surface area contributed by atoms with E-state index in [9.17, 15) is 5.11 Å². The molecule has 1 unspecified atom stereocenters. The van der Waals surface area contributed by atoms with Crippen molar-refractivity contribution < 1.29 is 5.11 Å².